The smallest absolute Gasteiger partial charge is 0.244 e. The predicted molar refractivity (Wildman–Crippen MR) is 88.1 cm³/mol. The molecule has 2 rings (SSSR count). The second kappa shape index (κ2) is 7.64. The van der Waals surface area contributed by atoms with E-state index in [1.807, 2.05) is 6.92 Å². The molecule has 0 atom stereocenters. The first-order chi connectivity index (χ1) is 10.5. The third-order valence-electron chi connectivity index (χ3n) is 3.88. The van der Waals surface area contributed by atoms with Crippen LogP contribution in [-0.2, 0) is 10.0 Å². The molecule has 1 aromatic carbocycles. The second-order valence-corrected chi connectivity index (χ2v) is 7.66. The van der Waals surface area contributed by atoms with E-state index in [4.69, 9.17) is 16.3 Å². The van der Waals surface area contributed by atoms with Gasteiger partial charge in [-0.3, -0.25) is 0 Å². The van der Waals surface area contributed by atoms with Crippen molar-refractivity contribution >= 4 is 21.6 Å². The number of methoxy groups -OCH3 is 1. The van der Waals surface area contributed by atoms with Crippen LogP contribution in [0.2, 0.25) is 5.02 Å². The molecule has 1 fully saturated rings. The van der Waals surface area contributed by atoms with Crippen LogP contribution in [0.5, 0.6) is 5.75 Å². The molecular formula is C15H23ClN2O3S. The molecule has 0 aliphatic carbocycles. The Labute approximate surface area is 137 Å². The van der Waals surface area contributed by atoms with Crippen LogP contribution in [0, 0.1) is 0 Å². The van der Waals surface area contributed by atoms with Gasteiger partial charge in [0.2, 0.25) is 10.0 Å². The summed E-state index contributed by atoms with van der Waals surface area (Å²) in [5.41, 5.74) is 0. The largest absolute Gasteiger partial charge is 0.497 e. The molecule has 124 valence electrons. The Balaban J connectivity index is 2.40. The summed E-state index contributed by atoms with van der Waals surface area (Å²) in [6.07, 6.45) is 2.41. The van der Waals surface area contributed by atoms with Gasteiger partial charge in [0, 0.05) is 18.7 Å². The van der Waals surface area contributed by atoms with Gasteiger partial charge in [0.05, 0.1) is 12.1 Å². The predicted octanol–water partition coefficient (Wildman–Crippen LogP) is 2.50. The highest BCUT2D eigenvalue weighted by molar-refractivity contribution is 7.89. The number of hydrogen-bond acceptors (Lipinski definition) is 4. The Hall–Kier alpha value is -0.820. The van der Waals surface area contributed by atoms with Crippen molar-refractivity contribution in [2.45, 2.75) is 37.1 Å². The highest BCUT2D eigenvalue weighted by Gasteiger charge is 2.33. The number of ether oxygens (including phenoxy) is 1. The molecule has 0 aromatic heterocycles. The van der Waals surface area contributed by atoms with E-state index in [0.717, 1.165) is 32.4 Å². The summed E-state index contributed by atoms with van der Waals surface area (Å²) in [4.78, 5) is 0.125. The summed E-state index contributed by atoms with van der Waals surface area (Å²) in [7, 11) is -2.12. The molecular weight excluding hydrogens is 324 g/mol. The van der Waals surface area contributed by atoms with Gasteiger partial charge in [-0.25, -0.2) is 8.42 Å². The minimum absolute atomic E-state index is 0.0217. The summed E-state index contributed by atoms with van der Waals surface area (Å²) < 4.78 is 32.9. The quantitative estimate of drug-likeness (QED) is 0.859. The maximum atomic E-state index is 13.1. The minimum atomic E-state index is -3.63. The van der Waals surface area contributed by atoms with Crippen LogP contribution in [0.3, 0.4) is 0 Å². The molecule has 0 spiro atoms. The molecule has 1 saturated heterocycles. The van der Waals surface area contributed by atoms with E-state index in [-0.39, 0.29) is 16.0 Å². The molecule has 22 heavy (non-hydrogen) atoms. The van der Waals surface area contributed by atoms with E-state index < -0.39 is 10.0 Å². The molecule has 1 heterocycles. The van der Waals surface area contributed by atoms with Crippen LogP contribution in [0.4, 0.5) is 0 Å². The van der Waals surface area contributed by atoms with Crippen LogP contribution >= 0.6 is 11.6 Å². The molecule has 1 N–H and O–H groups in total. The van der Waals surface area contributed by atoms with Crippen molar-refractivity contribution in [3.05, 3.63) is 23.2 Å². The Morgan fingerprint density at radius 3 is 2.64 bits per heavy atom. The number of nitrogens with one attached hydrogen (secondary N) is 1. The van der Waals surface area contributed by atoms with Gasteiger partial charge in [0.25, 0.3) is 0 Å². The zero-order valence-electron chi connectivity index (χ0n) is 13.0. The molecule has 1 aromatic rings. The average molecular weight is 347 g/mol. The number of halogens is 1. The zero-order valence-corrected chi connectivity index (χ0v) is 14.6. The number of piperidine rings is 1. The normalized spacial score (nSPS) is 16.9. The number of rotatable bonds is 6. The second-order valence-electron chi connectivity index (χ2n) is 5.39. The van der Waals surface area contributed by atoms with E-state index in [0.29, 0.717) is 12.3 Å². The van der Waals surface area contributed by atoms with Gasteiger partial charge in [0.1, 0.15) is 10.6 Å². The number of sulfonamides is 1. The Morgan fingerprint density at radius 1 is 1.36 bits per heavy atom. The molecule has 1 aliphatic rings. The van der Waals surface area contributed by atoms with Crippen molar-refractivity contribution in [3.8, 4) is 5.75 Å². The zero-order chi connectivity index (χ0) is 16.2. The average Bonchev–Trinajstić information content (AvgIpc) is 2.53. The highest BCUT2D eigenvalue weighted by atomic mass is 35.5. The summed E-state index contributed by atoms with van der Waals surface area (Å²) >= 11 is 6.15. The van der Waals surface area contributed by atoms with E-state index in [9.17, 15) is 8.42 Å². The topological polar surface area (TPSA) is 58.6 Å². The summed E-state index contributed by atoms with van der Waals surface area (Å²) in [6, 6.07) is 4.76. The van der Waals surface area contributed by atoms with Crippen LogP contribution < -0.4 is 10.1 Å². The van der Waals surface area contributed by atoms with Gasteiger partial charge < -0.3 is 10.1 Å². The Morgan fingerprint density at radius 2 is 2.05 bits per heavy atom. The third-order valence-corrected chi connectivity index (χ3v) is 6.32. The van der Waals surface area contributed by atoms with Gasteiger partial charge in [-0.1, -0.05) is 18.5 Å². The Kier molecular flexibility index (Phi) is 6.09. The number of benzene rings is 1. The molecule has 5 nitrogen and oxygen atoms in total. The van der Waals surface area contributed by atoms with Gasteiger partial charge >= 0.3 is 0 Å². The highest BCUT2D eigenvalue weighted by Crippen LogP contribution is 2.31. The standard InChI is InChI=1S/C15H23ClN2O3S/c1-3-10-18(12-6-8-17-9-7-12)22(19,20)15-11-13(21-2)4-5-14(15)16/h4-5,11-12,17H,3,6-10H2,1-2H3. The van der Waals surface area contributed by atoms with Crippen molar-refractivity contribution < 1.29 is 13.2 Å². The van der Waals surface area contributed by atoms with Gasteiger partial charge in [-0.05, 0) is 44.5 Å². The maximum Gasteiger partial charge on any atom is 0.244 e. The number of nitrogens with zero attached hydrogens (tertiary/aromatic N) is 1. The molecule has 0 unspecified atom stereocenters. The fourth-order valence-electron chi connectivity index (χ4n) is 2.75. The van der Waals surface area contributed by atoms with Crippen molar-refractivity contribution in [2.24, 2.45) is 0 Å². The van der Waals surface area contributed by atoms with Crippen molar-refractivity contribution in [3.63, 3.8) is 0 Å². The lowest BCUT2D eigenvalue weighted by atomic mass is 10.1. The van der Waals surface area contributed by atoms with Crippen molar-refractivity contribution in [1.82, 2.24) is 9.62 Å². The maximum absolute atomic E-state index is 13.1. The lowest BCUT2D eigenvalue weighted by Crippen LogP contribution is -2.46. The monoisotopic (exact) mass is 346 g/mol. The summed E-state index contributed by atoms with van der Waals surface area (Å²) in [5, 5.41) is 3.50. The first-order valence-electron chi connectivity index (χ1n) is 7.56. The molecule has 0 bridgehead atoms. The van der Waals surface area contributed by atoms with Gasteiger partial charge in [-0.15, -0.1) is 0 Å². The first kappa shape index (κ1) is 17.5. The Bertz CT molecular complexity index is 601. The first-order valence-corrected chi connectivity index (χ1v) is 9.38. The molecule has 7 heteroatoms. The minimum Gasteiger partial charge on any atom is -0.497 e. The van der Waals surface area contributed by atoms with E-state index in [2.05, 4.69) is 5.32 Å². The van der Waals surface area contributed by atoms with Crippen LogP contribution in [0.25, 0.3) is 0 Å². The lowest BCUT2D eigenvalue weighted by Gasteiger charge is -2.33. The van der Waals surface area contributed by atoms with Gasteiger partial charge in [0.15, 0.2) is 0 Å². The van der Waals surface area contributed by atoms with Gasteiger partial charge in [-0.2, -0.15) is 4.31 Å². The van der Waals surface area contributed by atoms with E-state index in [1.54, 1.807) is 16.4 Å². The fourth-order valence-corrected chi connectivity index (χ4v) is 5.02. The lowest BCUT2D eigenvalue weighted by molar-refractivity contribution is 0.262. The van der Waals surface area contributed by atoms with E-state index >= 15 is 0 Å². The molecule has 0 amide bonds. The summed E-state index contributed by atoms with van der Waals surface area (Å²) in [5.74, 6) is 0.490. The SMILES string of the molecule is CCCN(C1CCNCC1)S(=O)(=O)c1cc(OC)ccc1Cl. The van der Waals surface area contributed by atoms with Crippen molar-refractivity contribution in [2.75, 3.05) is 26.7 Å². The summed E-state index contributed by atoms with van der Waals surface area (Å²) in [6.45, 7) is 4.16. The van der Waals surface area contributed by atoms with Crippen LogP contribution in [0.15, 0.2) is 23.1 Å². The van der Waals surface area contributed by atoms with Crippen LogP contribution in [-0.4, -0.2) is 45.5 Å². The number of hydrogen-bond donors (Lipinski definition) is 1. The van der Waals surface area contributed by atoms with E-state index in [1.165, 1.54) is 13.2 Å². The molecule has 0 saturated carbocycles. The molecule has 1 aliphatic heterocycles. The molecule has 0 radical (unpaired) electrons. The van der Waals surface area contributed by atoms with Crippen molar-refractivity contribution in [1.29, 1.82) is 0 Å². The fraction of sp³-hybridized carbons (Fsp3) is 0.600. The van der Waals surface area contributed by atoms with Crippen LogP contribution in [0.1, 0.15) is 26.2 Å². The third kappa shape index (κ3) is 3.74.